The van der Waals surface area contributed by atoms with Crippen LogP contribution in [0.2, 0.25) is 0 Å². The molecule has 2 unspecified atom stereocenters. The third kappa shape index (κ3) is 5.47. The number of thioether (sulfide) groups is 1. The fourth-order valence-corrected chi connectivity index (χ4v) is 5.99. The topological polar surface area (TPSA) is 47.6 Å². The lowest BCUT2D eigenvalue weighted by Crippen LogP contribution is -2.37. The maximum absolute atomic E-state index is 12.7. The predicted molar refractivity (Wildman–Crippen MR) is 125 cm³/mol. The molecule has 30 heavy (non-hydrogen) atoms. The van der Waals surface area contributed by atoms with Crippen molar-refractivity contribution in [2.24, 2.45) is 0 Å². The van der Waals surface area contributed by atoms with Gasteiger partial charge in [0.25, 0.3) is 0 Å². The number of rotatable bonds is 6. The van der Waals surface area contributed by atoms with Crippen molar-refractivity contribution in [1.29, 1.82) is 0 Å². The zero-order valence-corrected chi connectivity index (χ0v) is 19.5. The fraction of sp³-hybridized carbons (Fsp3) is 0.458. The lowest BCUT2D eigenvalue weighted by Gasteiger charge is -2.37. The molecule has 2 atom stereocenters. The van der Waals surface area contributed by atoms with Gasteiger partial charge in [-0.1, -0.05) is 58.7 Å². The number of hydroxylamine groups is 1. The van der Waals surface area contributed by atoms with Crippen LogP contribution in [-0.4, -0.2) is 24.6 Å². The Morgan fingerprint density at radius 3 is 2.43 bits per heavy atom. The SMILES string of the molecule is O=C(CC1(c2ccc(-c3ccc(Br)cc3)cc2)CCCCS1)NOC1CCCCO1. The zero-order valence-electron chi connectivity index (χ0n) is 17.1. The number of hydrogen-bond acceptors (Lipinski definition) is 4. The highest BCUT2D eigenvalue weighted by Crippen LogP contribution is 2.48. The summed E-state index contributed by atoms with van der Waals surface area (Å²) in [7, 11) is 0. The summed E-state index contributed by atoms with van der Waals surface area (Å²) in [6.45, 7) is 0.699. The minimum absolute atomic E-state index is 0.0736. The Labute approximate surface area is 191 Å². The van der Waals surface area contributed by atoms with Gasteiger partial charge < -0.3 is 4.74 Å². The van der Waals surface area contributed by atoms with Crippen molar-refractivity contribution in [2.45, 2.75) is 56.0 Å². The molecule has 2 aliphatic rings. The van der Waals surface area contributed by atoms with Crippen LogP contribution < -0.4 is 5.48 Å². The van der Waals surface area contributed by atoms with Crippen LogP contribution in [0, 0.1) is 0 Å². The minimum Gasteiger partial charge on any atom is -0.350 e. The normalized spacial score (nSPS) is 24.4. The summed E-state index contributed by atoms with van der Waals surface area (Å²) < 4.78 is 6.42. The van der Waals surface area contributed by atoms with Crippen molar-refractivity contribution in [3.63, 3.8) is 0 Å². The van der Waals surface area contributed by atoms with E-state index in [1.54, 1.807) is 0 Å². The van der Waals surface area contributed by atoms with Gasteiger partial charge in [-0.05, 0) is 60.3 Å². The zero-order chi connectivity index (χ0) is 20.8. The molecule has 0 aliphatic carbocycles. The van der Waals surface area contributed by atoms with E-state index in [9.17, 15) is 4.79 Å². The van der Waals surface area contributed by atoms with Gasteiger partial charge in [-0.15, -0.1) is 11.8 Å². The molecule has 2 aliphatic heterocycles. The highest BCUT2D eigenvalue weighted by atomic mass is 79.9. The first-order valence-electron chi connectivity index (χ1n) is 10.7. The third-order valence-corrected chi connectivity index (χ3v) is 7.99. The molecule has 0 radical (unpaired) electrons. The van der Waals surface area contributed by atoms with E-state index in [2.05, 4.69) is 69.9 Å². The van der Waals surface area contributed by atoms with Gasteiger partial charge in [0.1, 0.15) is 0 Å². The van der Waals surface area contributed by atoms with Gasteiger partial charge in [0.15, 0.2) is 6.29 Å². The van der Waals surface area contributed by atoms with Crippen molar-refractivity contribution < 1.29 is 14.4 Å². The number of nitrogens with one attached hydrogen (secondary N) is 1. The summed E-state index contributed by atoms with van der Waals surface area (Å²) in [5.74, 6) is 1.00. The largest absolute Gasteiger partial charge is 0.350 e. The van der Waals surface area contributed by atoms with Crippen LogP contribution in [0.3, 0.4) is 0 Å². The maximum atomic E-state index is 12.7. The summed E-state index contributed by atoms with van der Waals surface area (Å²) in [6, 6.07) is 17.1. The van der Waals surface area contributed by atoms with Crippen LogP contribution in [0.5, 0.6) is 0 Å². The van der Waals surface area contributed by atoms with E-state index in [4.69, 9.17) is 9.57 Å². The van der Waals surface area contributed by atoms with Gasteiger partial charge in [-0.25, -0.2) is 10.3 Å². The fourth-order valence-electron chi connectivity index (χ4n) is 4.16. The molecular weight excluding hydrogens is 462 g/mol. The van der Waals surface area contributed by atoms with Crippen molar-refractivity contribution in [1.82, 2.24) is 5.48 Å². The molecule has 6 heteroatoms. The third-order valence-electron chi connectivity index (χ3n) is 5.83. The molecule has 4 nitrogen and oxygen atoms in total. The van der Waals surface area contributed by atoms with E-state index < -0.39 is 0 Å². The molecule has 160 valence electrons. The van der Waals surface area contributed by atoms with Gasteiger partial charge in [-0.3, -0.25) is 4.79 Å². The maximum Gasteiger partial charge on any atom is 0.245 e. The Hall–Kier alpha value is -1.34. The number of ether oxygens (including phenoxy) is 1. The standard InChI is InChI=1S/C24H28BrNO3S/c25-21-12-8-19(9-13-21)18-6-10-20(11-7-18)24(14-2-4-16-30-24)17-22(27)26-29-23-5-1-3-15-28-23/h6-13,23H,1-5,14-17H2,(H,26,27). The number of halogens is 1. The van der Waals surface area contributed by atoms with Gasteiger partial charge in [-0.2, -0.15) is 0 Å². The van der Waals surface area contributed by atoms with Crippen LogP contribution in [0.4, 0.5) is 0 Å². The Morgan fingerprint density at radius 1 is 1.07 bits per heavy atom. The molecule has 0 aromatic heterocycles. The van der Waals surface area contributed by atoms with Crippen molar-refractivity contribution in [3.05, 3.63) is 58.6 Å². The van der Waals surface area contributed by atoms with Crippen molar-refractivity contribution in [2.75, 3.05) is 12.4 Å². The monoisotopic (exact) mass is 489 g/mol. The van der Waals surface area contributed by atoms with E-state index in [0.29, 0.717) is 13.0 Å². The average molecular weight is 490 g/mol. The first-order chi connectivity index (χ1) is 14.6. The first-order valence-corrected chi connectivity index (χ1v) is 12.5. The smallest absolute Gasteiger partial charge is 0.245 e. The molecule has 2 heterocycles. The van der Waals surface area contributed by atoms with E-state index in [1.165, 1.54) is 23.1 Å². The summed E-state index contributed by atoms with van der Waals surface area (Å²) in [6.07, 6.45) is 6.42. The highest BCUT2D eigenvalue weighted by Gasteiger charge is 2.37. The van der Waals surface area contributed by atoms with Gasteiger partial charge in [0.05, 0.1) is 0 Å². The van der Waals surface area contributed by atoms with Crippen LogP contribution in [0.1, 0.15) is 50.5 Å². The Bertz CT molecular complexity index is 829. The van der Waals surface area contributed by atoms with Crippen LogP contribution >= 0.6 is 27.7 Å². The summed E-state index contributed by atoms with van der Waals surface area (Å²) in [4.78, 5) is 18.3. The molecule has 0 spiro atoms. The Morgan fingerprint density at radius 2 is 1.80 bits per heavy atom. The first kappa shape index (κ1) is 21.9. The molecule has 2 aromatic rings. The lowest BCUT2D eigenvalue weighted by atomic mass is 9.87. The molecule has 2 saturated heterocycles. The average Bonchev–Trinajstić information content (AvgIpc) is 2.80. The van der Waals surface area contributed by atoms with Crippen molar-refractivity contribution >= 4 is 33.6 Å². The molecule has 0 saturated carbocycles. The predicted octanol–water partition coefficient (Wildman–Crippen LogP) is 6.19. The number of carbonyl (C=O) groups excluding carboxylic acids is 1. The lowest BCUT2D eigenvalue weighted by molar-refractivity contribution is -0.200. The highest BCUT2D eigenvalue weighted by molar-refractivity contribution is 9.10. The Kier molecular flexibility index (Phi) is 7.52. The van der Waals surface area contributed by atoms with Gasteiger partial charge >= 0.3 is 0 Å². The van der Waals surface area contributed by atoms with Crippen molar-refractivity contribution in [3.8, 4) is 11.1 Å². The molecule has 2 fully saturated rings. The number of benzene rings is 2. The van der Waals surface area contributed by atoms with Gasteiger partial charge in [0.2, 0.25) is 5.91 Å². The number of amides is 1. The van der Waals surface area contributed by atoms with E-state index in [1.807, 2.05) is 11.8 Å². The number of hydrogen-bond donors (Lipinski definition) is 1. The second-order valence-electron chi connectivity index (χ2n) is 8.00. The summed E-state index contributed by atoms with van der Waals surface area (Å²) in [5, 5.41) is 0. The van der Waals surface area contributed by atoms with Crippen LogP contribution in [-0.2, 0) is 19.1 Å². The molecule has 1 N–H and O–H groups in total. The second-order valence-corrected chi connectivity index (χ2v) is 10.4. The molecule has 0 bridgehead atoms. The molecule has 1 amide bonds. The minimum atomic E-state index is -0.317. The Balaban J connectivity index is 1.45. The van der Waals surface area contributed by atoms with E-state index in [-0.39, 0.29) is 16.9 Å². The van der Waals surface area contributed by atoms with Gasteiger partial charge in [0, 0.05) is 28.7 Å². The van der Waals surface area contributed by atoms with Crippen LogP contribution in [0.25, 0.3) is 11.1 Å². The van der Waals surface area contributed by atoms with E-state index in [0.717, 1.165) is 42.3 Å². The molecular formula is C24H28BrNO3S. The number of carbonyl (C=O) groups is 1. The van der Waals surface area contributed by atoms with E-state index >= 15 is 0 Å². The molecule has 2 aromatic carbocycles. The van der Waals surface area contributed by atoms with Crippen LogP contribution in [0.15, 0.2) is 53.0 Å². The molecule has 4 rings (SSSR count). The quantitative estimate of drug-likeness (QED) is 0.491. The summed E-state index contributed by atoms with van der Waals surface area (Å²) in [5.41, 5.74) is 6.25. The second kappa shape index (κ2) is 10.3. The summed E-state index contributed by atoms with van der Waals surface area (Å²) >= 11 is 5.39.